The smallest absolute Gasteiger partial charge is 0.300 e. The maximum absolute atomic E-state index is 13.0. The molecule has 1 aromatic rings. The topological polar surface area (TPSA) is 33.2 Å². The second-order valence-corrected chi connectivity index (χ2v) is 5.98. The van der Waals surface area contributed by atoms with Crippen LogP contribution in [0.25, 0.3) is 0 Å². The van der Waals surface area contributed by atoms with Crippen LogP contribution in [-0.2, 0) is 6.18 Å². The number of carbonyl (C=O) groups is 1. The highest BCUT2D eigenvalue weighted by atomic mass is 19.4. The number of alkyl halides is 3. The van der Waals surface area contributed by atoms with Crippen molar-refractivity contribution in [1.29, 1.82) is 0 Å². The summed E-state index contributed by atoms with van der Waals surface area (Å²) in [6.45, 7) is 0. The van der Waals surface area contributed by atoms with Gasteiger partial charge in [0, 0.05) is 24.2 Å². The predicted molar refractivity (Wildman–Crippen MR) is 70.9 cm³/mol. The Hall–Kier alpha value is -1.43. The van der Waals surface area contributed by atoms with Gasteiger partial charge in [0.15, 0.2) is 5.78 Å². The predicted octanol–water partition coefficient (Wildman–Crippen LogP) is 3.16. The SMILES string of the molecule is CN1C2CCC1CC(C(=O)c1ncccc1C(F)(F)F)C2. The Labute approximate surface area is 121 Å². The number of hydrogen-bond donors (Lipinski definition) is 0. The van der Waals surface area contributed by atoms with Gasteiger partial charge in [-0.2, -0.15) is 13.2 Å². The molecule has 2 atom stereocenters. The van der Waals surface area contributed by atoms with Crippen LogP contribution >= 0.6 is 0 Å². The maximum Gasteiger partial charge on any atom is 0.418 e. The van der Waals surface area contributed by atoms with Crippen LogP contribution in [-0.4, -0.2) is 34.8 Å². The molecule has 0 radical (unpaired) electrons. The van der Waals surface area contributed by atoms with Gasteiger partial charge in [-0.1, -0.05) is 0 Å². The highest BCUT2D eigenvalue weighted by molar-refractivity contribution is 5.97. The number of ketones is 1. The minimum atomic E-state index is -4.54. The molecule has 21 heavy (non-hydrogen) atoms. The van der Waals surface area contributed by atoms with Gasteiger partial charge in [-0.3, -0.25) is 9.78 Å². The second kappa shape index (κ2) is 5.09. The lowest BCUT2D eigenvalue weighted by Crippen LogP contribution is -2.42. The molecule has 0 N–H and O–H groups in total. The van der Waals surface area contributed by atoms with E-state index < -0.39 is 23.2 Å². The molecule has 6 heteroatoms. The van der Waals surface area contributed by atoms with Crippen molar-refractivity contribution in [3.63, 3.8) is 0 Å². The van der Waals surface area contributed by atoms with E-state index in [1.807, 2.05) is 7.05 Å². The summed E-state index contributed by atoms with van der Waals surface area (Å²) in [6.07, 6.45) is 0.0493. The number of piperidine rings is 1. The van der Waals surface area contributed by atoms with Gasteiger partial charge < -0.3 is 4.90 Å². The van der Waals surface area contributed by atoms with E-state index in [0.717, 1.165) is 18.9 Å². The molecule has 3 nitrogen and oxygen atoms in total. The minimum Gasteiger partial charge on any atom is -0.300 e. The average Bonchev–Trinajstić information content (AvgIpc) is 2.66. The van der Waals surface area contributed by atoms with Gasteiger partial charge in [0.1, 0.15) is 5.69 Å². The maximum atomic E-state index is 13.0. The van der Waals surface area contributed by atoms with Crippen LogP contribution in [0.1, 0.15) is 41.7 Å². The molecule has 0 amide bonds. The molecule has 3 heterocycles. The molecule has 3 rings (SSSR count). The van der Waals surface area contributed by atoms with Crippen molar-refractivity contribution in [2.45, 2.75) is 43.9 Å². The molecular formula is C15H17F3N2O. The first kappa shape index (κ1) is 14.5. The number of halogens is 3. The van der Waals surface area contributed by atoms with Crippen LogP contribution in [0, 0.1) is 5.92 Å². The third-order valence-electron chi connectivity index (χ3n) is 4.82. The Bertz CT molecular complexity index is 544. The van der Waals surface area contributed by atoms with Gasteiger partial charge in [-0.05, 0) is 44.9 Å². The Morgan fingerprint density at radius 2 is 1.90 bits per heavy atom. The first-order chi connectivity index (χ1) is 9.88. The molecular weight excluding hydrogens is 281 g/mol. The lowest BCUT2D eigenvalue weighted by molar-refractivity contribution is -0.138. The summed E-state index contributed by atoms with van der Waals surface area (Å²) in [5.74, 6) is -0.789. The number of nitrogens with zero attached hydrogens (tertiary/aromatic N) is 2. The molecule has 2 aliphatic heterocycles. The molecule has 1 aromatic heterocycles. The van der Waals surface area contributed by atoms with Crippen molar-refractivity contribution in [3.05, 3.63) is 29.6 Å². The Morgan fingerprint density at radius 1 is 1.29 bits per heavy atom. The van der Waals surface area contributed by atoms with Crippen LogP contribution in [0.5, 0.6) is 0 Å². The van der Waals surface area contributed by atoms with Crippen molar-refractivity contribution < 1.29 is 18.0 Å². The number of rotatable bonds is 2. The van der Waals surface area contributed by atoms with E-state index in [4.69, 9.17) is 0 Å². The third-order valence-corrected chi connectivity index (χ3v) is 4.82. The van der Waals surface area contributed by atoms with Crippen LogP contribution in [0.3, 0.4) is 0 Å². The molecule has 0 aliphatic carbocycles. The molecule has 0 aromatic carbocycles. The number of carbonyl (C=O) groups excluding carboxylic acids is 1. The zero-order chi connectivity index (χ0) is 15.2. The van der Waals surface area contributed by atoms with E-state index >= 15 is 0 Å². The summed E-state index contributed by atoms with van der Waals surface area (Å²) in [5.41, 5.74) is -1.33. The van der Waals surface area contributed by atoms with Gasteiger partial charge in [0.2, 0.25) is 0 Å². The molecule has 0 saturated carbocycles. The van der Waals surface area contributed by atoms with Gasteiger partial charge in [-0.15, -0.1) is 0 Å². The van der Waals surface area contributed by atoms with Crippen LogP contribution in [0.4, 0.5) is 13.2 Å². The lowest BCUT2D eigenvalue weighted by Gasteiger charge is -2.35. The normalized spacial score (nSPS) is 29.6. The molecule has 2 saturated heterocycles. The number of hydrogen-bond acceptors (Lipinski definition) is 3. The molecule has 2 fully saturated rings. The van der Waals surface area contributed by atoms with Gasteiger partial charge in [0.25, 0.3) is 0 Å². The standard InChI is InChI=1S/C15H17F3N2O/c1-20-10-4-5-11(20)8-9(7-10)14(21)13-12(15(16,17)18)3-2-6-19-13/h2-3,6,9-11H,4-5,7-8H2,1H3. The van der Waals surface area contributed by atoms with Crippen molar-refractivity contribution in [3.8, 4) is 0 Å². The van der Waals surface area contributed by atoms with E-state index in [2.05, 4.69) is 9.88 Å². The lowest BCUT2D eigenvalue weighted by atomic mass is 9.85. The zero-order valence-corrected chi connectivity index (χ0v) is 11.7. The fourth-order valence-electron chi connectivity index (χ4n) is 3.65. The Balaban J connectivity index is 1.87. The first-order valence-corrected chi connectivity index (χ1v) is 7.16. The number of fused-ring (bicyclic) bond motifs is 2. The molecule has 2 bridgehead atoms. The molecule has 2 aliphatic rings. The van der Waals surface area contributed by atoms with E-state index in [9.17, 15) is 18.0 Å². The van der Waals surface area contributed by atoms with Crippen molar-refractivity contribution in [2.75, 3.05) is 7.05 Å². The first-order valence-electron chi connectivity index (χ1n) is 7.16. The summed E-state index contributed by atoms with van der Waals surface area (Å²) in [6, 6.07) is 2.79. The molecule has 114 valence electrons. The highest BCUT2D eigenvalue weighted by Crippen LogP contribution is 2.40. The number of pyridine rings is 1. The van der Waals surface area contributed by atoms with Crippen LogP contribution in [0.15, 0.2) is 18.3 Å². The van der Waals surface area contributed by atoms with E-state index in [1.165, 1.54) is 12.3 Å². The highest BCUT2D eigenvalue weighted by Gasteiger charge is 2.43. The van der Waals surface area contributed by atoms with Gasteiger partial charge in [-0.25, -0.2) is 0 Å². The van der Waals surface area contributed by atoms with Crippen LogP contribution < -0.4 is 0 Å². The number of Topliss-reactive ketones (excluding diaryl/α,β-unsaturated/α-hetero) is 1. The van der Waals surface area contributed by atoms with Crippen molar-refractivity contribution >= 4 is 5.78 Å². The Kier molecular flexibility index (Phi) is 3.51. The third kappa shape index (κ3) is 2.57. The van der Waals surface area contributed by atoms with Gasteiger partial charge >= 0.3 is 6.18 Å². The summed E-state index contributed by atoms with van der Waals surface area (Å²) >= 11 is 0. The van der Waals surface area contributed by atoms with Crippen molar-refractivity contribution in [1.82, 2.24) is 9.88 Å². The number of aromatic nitrogens is 1. The molecule has 2 unspecified atom stereocenters. The molecule has 0 spiro atoms. The minimum absolute atomic E-state index is 0.316. The summed E-state index contributed by atoms with van der Waals surface area (Å²) in [7, 11) is 2.03. The van der Waals surface area contributed by atoms with E-state index in [-0.39, 0.29) is 5.92 Å². The quantitative estimate of drug-likeness (QED) is 0.786. The van der Waals surface area contributed by atoms with Gasteiger partial charge in [0.05, 0.1) is 5.56 Å². The van der Waals surface area contributed by atoms with Crippen molar-refractivity contribution in [2.24, 2.45) is 5.92 Å². The average molecular weight is 298 g/mol. The summed E-state index contributed by atoms with van der Waals surface area (Å²) in [5, 5.41) is 0. The zero-order valence-electron chi connectivity index (χ0n) is 11.7. The van der Waals surface area contributed by atoms with Crippen LogP contribution in [0.2, 0.25) is 0 Å². The fraction of sp³-hybridized carbons (Fsp3) is 0.600. The largest absolute Gasteiger partial charge is 0.418 e. The summed E-state index contributed by atoms with van der Waals surface area (Å²) < 4.78 is 39.0. The monoisotopic (exact) mass is 298 g/mol. The second-order valence-electron chi connectivity index (χ2n) is 5.98. The van der Waals surface area contributed by atoms with E-state index in [1.54, 1.807) is 0 Å². The Morgan fingerprint density at radius 3 is 2.48 bits per heavy atom. The summed E-state index contributed by atoms with van der Waals surface area (Å²) in [4.78, 5) is 18.5. The van der Waals surface area contributed by atoms with E-state index in [0.29, 0.717) is 24.9 Å². The fourth-order valence-corrected chi connectivity index (χ4v) is 3.65.